The molecule has 11 heavy (non-hydrogen) atoms. The topological polar surface area (TPSA) is 0 Å². The molecule has 2 atom stereocenters. The molecule has 0 aromatic carbocycles. The van der Waals surface area contributed by atoms with Gasteiger partial charge < -0.3 is 0 Å². The minimum Gasteiger partial charge on any atom is -0.0840 e. The van der Waals surface area contributed by atoms with Gasteiger partial charge in [0.25, 0.3) is 0 Å². The number of hydrogen-bond acceptors (Lipinski definition) is 0. The van der Waals surface area contributed by atoms with Crippen molar-refractivity contribution in [2.24, 2.45) is 11.3 Å². The Labute approximate surface area is 82.6 Å². The SMILES string of the molecule is CC1=CCC2CC1(I)C2(C)C. The van der Waals surface area contributed by atoms with Crippen LogP contribution in [-0.2, 0) is 0 Å². The van der Waals surface area contributed by atoms with Crippen LogP contribution >= 0.6 is 22.6 Å². The maximum absolute atomic E-state index is 2.66. The fourth-order valence-corrected chi connectivity index (χ4v) is 3.77. The minimum absolute atomic E-state index is 0.508. The van der Waals surface area contributed by atoms with Gasteiger partial charge in [-0.05, 0) is 31.1 Å². The van der Waals surface area contributed by atoms with Gasteiger partial charge >= 0.3 is 0 Å². The van der Waals surface area contributed by atoms with Crippen LogP contribution in [0.4, 0.5) is 0 Å². The number of allylic oxidation sites excluding steroid dienone is 2. The largest absolute Gasteiger partial charge is 0.0840 e. The highest BCUT2D eigenvalue weighted by molar-refractivity contribution is 14.1. The highest BCUT2D eigenvalue weighted by atomic mass is 127. The van der Waals surface area contributed by atoms with Crippen molar-refractivity contribution in [1.29, 1.82) is 0 Å². The van der Waals surface area contributed by atoms with E-state index in [0.29, 0.717) is 8.84 Å². The van der Waals surface area contributed by atoms with Gasteiger partial charge in [0.1, 0.15) is 0 Å². The second-order valence-corrected chi connectivity index (χ2v) is 6.39. The lowest BCUT2D eigenvalue weighted by atomic mass is 9.49. The van der Waals surface area contributed by atoms with E-state index in [1.165, 1.54) is 12.8 Å². The lowest BCUT2D eigenvalue weighted by molar-refractivity contribution is 0.0337. The molecule has 0 N–H and O–H groups in total. The van der Waals surface area contributed by atoms with Crippen molar-refractivity contribution in [2.75, 3.05) is 0 Å². The van der Waals surface area contributed by atoms with E-state index in [0.717, 1.165) is 5.92 Å². The second kappa shape index (κ2) is 2.04. The second-order valence-electron chi connectivity index (χ2n) is 4.55. The molecule has 0 radical (unpaired) electrons. The molecule has 0 heterocycles. The Kier molecular flexibility index (Phi) is 1.50. The van der Waals surface area contributed by atoms with Crippen molar-refractivity contribution >= 4 is 22.6 Å². The zero-order valence-electron chi connectivity index (χ0n) is 7.45. The fourth-order valence-electron chi connectivity index (χ4n) is 2.58. The zero-order valence-corrected chi connectivity index (χ0v) is 9.60. The predicted molar refractivity (Wildman–Crippen MR) is 57.0 cm³/mol. The molecule has 3 aliphatic carbocycles. The molecule has 2 bridgehead atoms. The van der Waals surface area contributed by atoms with Crippen LogP contribution in [0.1, 0.15) is 33.6 Å². The summed E-state index contributed by atoms with van der Waals surface area (Å²) in [5.41, 5.74) is 2.18. The molecule has 0 saturated heterocycles. The predicted octanol–water partition coefficient (Wildman–Crippen LogP) is 3.56. The molecule has 3 rings (SSSR count). The van der Waals surface area contributed by atoms with Crippen molar-refractivity contribution in [2.45, 2.75) is 37.0 Å². The van der Waals surface area contributed by atoms with Crippen LogP contribution in [0.15, 0.2) is 11.6 Å². The molecule has 0 aromatic rings. The van der Waals surface area contributed by atoms with Crippen LogP contribution in [0.5, 0.6) is 0 Å². The summed E-state index contributed by atoms with van der Waals surface area (Å²) in [7, 11) is 0. The first-order chi connectivity index (χ1) is 4.98. The molecule has 2 unspecified atom stereocenters. The van der Waals surface area contributed by atoms with Crippen molar-refractivity contribution in [3.05, 3.63) is 11.6 Å². The lowest BCUT2D eigenvalue weighted by Crippen LogP contribution is -2.59. The summed E-state index contributed by atoms with van der Waals surface area (Å²) >= 11 is 2.66. The Bertz CT molecular complexity index is 227. The molecular weight excluding hydrogens is 247 g/mol. The van der Waals surface area contributed by atoms with Gasteiger partial charge in [-0.1, -0.05) is 48.1 Å². The Hall–Kier alpha value is 0.470. The average molecular weight is 262 g/mol. The van der Waals surface area contributed by atoms with E-state index in [2.05, 4.69) is 49.4 Å². The molecule has 62 valence electrons. The van der Waals surface area contributed by atoms with Crippen LogP contribution in [0, 0.1) is 11.3 Å². The highest BCUT2D eigenvalue weighted by Crippen LogP contribution is 2.66. The summed E-state index contributed by atoms with van der Waals surface area (Å²) in [6.45, 7) is 7.14. The van der Waals surface area contributed by atoms with Gasteiger partial charge in [-0.2, -0.15) is 0 Å². The third-order valence-electron chi connectivity index (χ3n) is 3.90. The molecule has 0 aromatic heterocycles. The number of halogens is 1. The van der Waals surface area contributed by atoms with Crippen LogP contribution < -0.4 is 0 Å². The molecule has 1 heteroatoms. The number of rotatable bonds is 0. The summed E-state index contributed by atoms with van der Waals surface area (Å²) in [4.78, 5) is 0. The first-order valence-corrected chi connectivity index (χ1v) is 5.42. The Balaban J connectivity index is 2.42. The molecule has 0 spiro atoms. The molecule has 0 aliphatic heterocycles. The van der Waals surface area contributed by atoms with Gasteiger partial charge in [-0.25, -0.2) is 0 Å². The Morgan fingerprint density at radius 1 is 1.55 bits per heavy atom. The maximum Gasteiger partial charge on any atom is 0.0484 e. The maximum atomic E-state index is 2.66. The average Bonchev–Trinajstić information content (AvgIpc) is 1.94. The standard InChI is InChI=1S/C10H15I/c1-7-4-5-8-6-10(7,11)9(8,2)3/h4,8H,5-6H2,1-3H3. The summed E-state index contributed by atoms with van der Waals surface area (Å²) in [5.74, 6) is 0.961. The highest BCUT2D eigenvalue weighted by Gasteiger charge is 2.60. The Morgan fingerprint density at radius 2 is 2.18 bits per heavy atom. The quantitative estimate of drug-likeness (QED) is 0.356. The molecule has 0 nitrogen and oxygen atoms in total. The molecule has 1 fully saturated rings. The molecule has 0 amide bonds. The van der Waals surface area contributed by atoms with Crippen LogP contribution in [-0.4, -0.2) is 3.42 Å². The number of hydrogen-bond donors (Lipinski definition) is 0. The third kappa shape index (κ3) is 0.758. The normalized spacial score (nSPS) is 46.2. The van der Waals surface area contributed by atoms with E-state index < -0.39 is 0 Å². The van der Waals surface area contributed by atoms with Crippen LogP contribution in [0.3, 0.4) is 0 Å². The lowest BCUT2D eigenvalue weighted by Gasteiger charge is -2.62. The van der Waals surface area contributed by atoms with E-state index in [-0.39, 0.29) is 0 Å². The smallest absolute Gasteiger partial charge is 0.0484 e. The molecular formula is C10H15I. The summed E-state index contributed by atoms with van der Waals surface area (Å²) in [6.07, 6.45) is 5.18. The van der Waals surface area contributed by atoms with Gasteiger partial charge in [-0.15, -0.1) is 0 Å². The van der Waals surface area contributed by atoms with Gasteiger partial charge in [0.15, 0.2) is 0 Å². The minimum atomic E-state index is 0.508. The van der Waals surface area contributed by atoms with E-state index in [4.69, 9.17) is 0 Å². The monoisotopic (exact) mass is 262 g/mol. The fraction of sp³-hybridized carbons (Fsp3) is 0.800. The first-order valence-electron chi connectivity index (χ1n) is 4.34. The van der Waals surface area contributed by atoms with Gasteiger partial charge in [0.2, 0.25) is 0 Å². The number of alkyl halides is 1. The van der Waals surface area contributed by atoms with Crippen molar-refractivity contribution in [3.63, 3.8) is 0 Å². The summed E-state index contributed by atoms with van der Waals surface area (Å²) in [6, 6.07) is 0. The van der Waals surface area contributed by atoms with Crippen LogP contribution in [0.25, 0.3) is 0 Å². The van der Waals surface area contributed by atoms with Crippen LogP contribution in [0.2, 0.25) is 0 Å². The van der Waals surface area contributed by atoms with E-state index in [1.54, 1.807) is 5.57 Å². The van der Waals surface area contributed by atoms with E-state index >= 15 is 0 Å². The molecule has 3 aliphatic rings. The van der Waals surface area contributed by atoms with E-state index in [1.807, 2.05) is 0 Å². The first kappa shape index (κ1) is 8.09. The summed E-state index contributed by atoms with van der Waals surface area (Å²) in [5, 5.41) is 0. The molecule has 1 saturated carbocycles. The van der Waals surface area contributed by atoms with Crippen molar-refractivity contribution in [1.82, 2.24) is 0 Å². The summed E-state index contributed by atoms with van der Waals surface area (Å²) < 4.78 is 0.508. The van der Waals surface area contributed by atoms with Gasteiger partial charge in [0, 0.05) is 3.42 Å². The number of fused-ring (bicyclic) bond motifs is 1. The zero-order chi connectivity index (χ0) is 8.28. The van der Waals surface area contributed by atoms with Gasteiger partial charge in [0.05, 0.1) is 0 Å². The van der Waals surface area contributed by atoms with Gasteiger partial charge in [-0.3, -0.25) is 0 Å². The van der Waals surface area contributed by atoms with Crippen molar-refractivity contribution in [3.8, 4) is 0 Å². The van der Waals surface area contributed by atoms with E-state index in [9.17, 15) is 0 Å². The van der Waals surface area contributed by atoms with Crippen molar-refractivity contribution < 1.29 is 0 Å². The Morgan fingerprint density at radius 3 is 2.55 bits per heavy atom. The third-order valence-corrected chi connectivity index (χ3v) is 6.58.